The summed E-state index contributed by atoms with van der Waals surface area (Å²) in [5.41, 5.74) is 0.553. The normalized spacial score (nSPS) is 14.8. The van der Waals surface area contributed by atoms with Crippen molar-refractivity contribution in [3.8, 4) is 0 Å². The highest BCUT2D eigenvalue weighted by molar-refractivity contribution is 9.10. The van der Waals surface area contributed by atoms with Gasteiger partial charge in [-0.3, -0.25) is 10.1 Å². The van der Waals surface area contributed by atoms with Crippen LogP contribution in [0.15, 0.2) is 28.7 Å². The summed E-state index contributed by atoms with van der Waals surface area (Å²) < 4.78 is 0.877. The predicted octanol–water partition coefficient (Wildman–Crippen LogP) is 2.15. The van der Waals surface area contributed by atoms with Crippen LogP contribution in [0, 0.1) is 10.1 Å². The van der Waals surface area contributed by atoms with Gasteiger partial charge in [-0.1, -0.05) is 28.1 Å². The summed E-state index contributed by atoms with van der Waals surface area (Å²) in [5.74, 6) is 0. The van der Waals surface area contributed by atoms with Crippen molar-refractivity contribution in [1.82, 2.24) is 0 Å². The van der Waals surface area contributed by atoms with Gasteiger partial charge in [0.1, 0.15) is 6.10 Å². The summed E-state index contributed by atoms with van der Waals surface area (Å²) in [4.78, 5) is 9.92. The molecule has 4 nitrogen and oxygen atoms in total. The molecule has 5 heteroatoms. The van der Waals surface area contributed by atoms with Crippen molar-refractivity contribution in [3.63, 3.8) is 0 Å². The van der Waals surface area contributed by atoms with Gasteiger partial charge in [-0.15, -0.1) is 0 Å². The zero-order valence-corrected chi connectivity index (χ0v) is 9.14. The zero-order valence-electron chi connectivity index (χ0n) is 7.55. The van der Waals surface area contributed by atoms with Crippen LogP contribution in [0.25, 0.3) is 0 Å². The Balaban J connectivity index is 2.84. The second-order valence-electron chi connectivity index (χ2n) is 3.02. The van der Waals surface area contributed by atoms with Crippen molar-refractivity contribution >= 4 is 15.9 Å². The van der Waals surface area contributed by atoms with Gasteiger partial charge in [-0.25, -0.2) is 0 Å². The lowest BCUT2D eigenvalue weighted by Gasteiger charge is -2.12. The zero-order chi connectivity index (χ0) is 10.7. The average molecular weight is 260 g/mol. The Morgan fingerprint density at radius 3 is 2.36 bits per heavy atom. The number of nitrogens with zero attached hydrogens (tertiary/aromatic N) is 1. The average Bonchev–Trinajstić information content (AvgIpc) is 2.16. The SMILES string of the molecule is C[C@H]([C@@H](O)c1ccc(Br)cc1)[N+](=O)[O-]. The maximum atomic E-state index is 10.4. The van der Waals surface area contributed by atoms with Gasteiger partial charge >= 0.3 is 0 Å². The van der Waals surface area contributed by atoms with Gasteiger partial charge in [0, 0.05) is 16.3 Å². The Bertz CT molecular complexity index is 325. The monoisotopic (exact) mass is 259 g/mol. The summed E-state index contributed by atoms with van der Waals surface area (Å²) >= 11 is 3.25. The lowest BCUT2D eigenvalue weighted by Crippen LogP contribution is -2.23. The summed E-state index contributed by atoms with van der Waals surface area (Å²) in [6.07, 6.45) is -1.06. The first-order valence-electron chi connectivity index (χ1n) is 4.09. The molecule has 0 spiro atoms. The van der Waals surface area contributed by atoms with Gasteiger partial charge in [0.2, 0.25) is 6.04 Å². The van der Waals surface area contributed by atoms with E-state index in [2.05, 4.69) is 15.9 Å². The van der Waals surface area contributed by atoms with Crippen LogP contribution in [0.1, 0.15) is 18.6 Å². The van der Waals surface area contributed by atoms with Crippen LogP contribution in [0.4, 0.5) is 0 Å². The van der Waals surface area contributed by atoms with E-state index >= 15 is 0 Å². The molecule has 0 aliphatic carbocycles. The van der Waals surface area contributed by atoms with Gasteiger partial charge in [0.15, 0.2) is 0 Å². The Morgan fingerprint density at radius 2 is 1.93 bits per heavy atom. The molecule has 0 amide bonds. The molecule has 1 aromatic carbocycles. The number of rotatable bonds is 3. The van der Waals surface area contributed by atoms with E-state index in [1.54, 1.807) is 24.3 Å². The predicted molar refractivity (Wildman–Crippen MR) is 55.6 cm³/mol. The third-order valence-corrected chi connectivity index (χ3v) is 2.53. The molecule has 0 saturated carbocycles. The fraction of sp³-hybridized carbons (Fsp3) is 0.333. The lowest BCUT2D eigenvalue weighted by atomic mass is 10.0. The van der Waals surface area contributed by atoms with Gasteiger partial charge in [-0.2, -0.15) is 0 Å². The Kier molecular flexibility index (Phi) is 3.60. The first kappa shape index (κ1) is 11.1. The number of hydrogen-bond donors (Lipinski definition) is 1. The molecule has 1 N–H and O–H groups in total. The molecule has 76 valence electrons. The quantitative estimate of drug-likeness (QED) is 0.669. The van der Waals surface area contributed by atoms with E-state index < -0.39 is 17.1 Å². The molecule has 0 saturated heterocycles. The summed E-state index contributed by atoms with van der Waals surface area (Å²) in [6.45, 7) is 1.38. The topological polar surface area (TPSA) is 63.4 Å². The number of benzene rings is 1. The van der Waals surface area contributed by atoms with E-state index in [4.69, 9.17) is 0 Å². The van der Waals surface area contributed by atoms with Crippen LogP contribution in [0.2, 0.25) is 0 Å². The van der Waals surface area contributed by atoms with E-state index in [9.17, 15) is 15.2 Å². The van der Waals surface area contributed by atoms with Crippen LogP contribution in [0.5, 0.6) is 0 Å². The Hall–Kier alpha value is -0.940. The molecule has 0 aromatic heterocycles. The van der Waals surface area contributed by atoms with Crippen LogP contribution >= 0.6 is 15.9 Å². The number of aliphatic hydroxyl groups is 1. The summed E-state index contributed by atoms with van der Waals surface area (Å²) in [5, 5.41) is 20.0. The van der Waals surface area contributed by atoms with Gasteiger partial charge in [0.05, 0.1) is 0 Å². The van der Waals surface area contributed by atoms with Gasteiger partial charge < -0.3 is 5.11 Å². The lowest BCUT2D eigenvalue weighted by molar-refractivity contribution is -0.531. The fourth-order valence-electron chi connectivity index (χ4n) is 1.05. The highest BCUT2D eigenvalue weighted by Gasteiger charge is 2.25. The number of halogens is 1. The first-order chi connectivity index (χ1) is 6.52. The molecule has 0 aliphatic rings. The van der Waals surface area contributed by atoms with E-state index in [1.165, 1.54) is 6.92 Å². The molecule has 0 bridgehead atoms. The molecule has 0 fully saturated rings. The highest BCUT2D eigenvalue weighted by Crippen LogP contribution is 2.20. The fourth-order valence-corrected chi connectivity index (χ4v) is 1.32. The largest absolute Gasteiger partial charge is 0.381 e. The smallest absolute Gasteiger partial charge is 0.239 e. The molecular formula is C9H10BrNO3. The second kappa shape index (κ2) is 4.52. The summed E-state index contributed by atoms with van der Waals surface area (Å²) in [6, 6.07) is 5.82. The minimum Gasteiger partial charge on any atom is -0.381 e. The van der Waals surface area contributed by atoms with Crippen LogP contribution < -0.4 is 0 Å². The minimum atomic E-state index is -1.06. The van der Waals surface area contributed by atoms with Crippen LogP contribution in [-0.2, 0) is 0 Å². The van der Waals surface area contributed by atoms with Crippen molar-refractivity contribution < 1.29 is 10.0 Å². The van der Waals surface area contributed by atoms with Crippen LogP contribution in [-0.4, -0.2) is 16.1 Å². The van der Waals surface area contributed by atoms with Crippen molar-refractivity contribution in [3.05, 3.63) is 44.4 Å². The van der Waals surface area contributed by atoms with Gasteiger partial charge in [-0.05, 0) is 17.7 Å². The number of hydrogen-bond acceptors (Lipinski definition) is 3. The second-order valence-corrected chi connectivity index (χ2v) is 3.94. The van der Waals surface area contributed by atoms with E-state index in [0.29, 0.717) is 5.56 Å². The highest BCUT2D eigenvalue weighted by atomic mass is 79.9. The van der Waals surface area contributed by atoms with Crippen molar-refractivity contribution in [2.75, 3.05) is 0 Å². The molecule has 0 aliphatic heterocycles. The third kappa shape index (κ3) is 2.52. The maximum absolute atomic E-state index is 10.4. The Morgan fingerprint density at radius 1 is 1.43 bits per heavy atom. The third-order valence-electron chi connectivity index (χ3n) is 2.00. The molecule has 14 heavy (non-hydrogen) atoms. The molecular weight excluding hydrogens is 250 g/mol. The van der Waals surface area contributed by atoms with E-state index in [-0.39, 0.29) is 0 Å². The molecule has 0 unspecified atom stereocenters. The van der Waals surface area contributed by atoms with E-state index in [0.717, 1.165) is 4.47 Å². The standard InChI is InChI=1S/C9H10BrNO3/c1-6(11(13)14)9(12)7-2-4-8(10)5-3-7/h2-6,9,12H,1H3/t6-,9-/m1/s1. The van der Waals surface area contributed by atoms with Crippen molar-refractivity contribution in [2.45, 2.75) is 19.1 Å². The molecule has 2 atom stereocenters. The minimum absolute atomic E-state index is 0.493. The van der Waals surface area contributed by atoms with Gasteiger partial charge in [0.25, 0.3) is 0 Å². The molecule has 1 aromatic rings. The molecule has 0 radical (unpaired) electrons. The molecule has 1 rings (SSSR count). The Labute approximate surface area is 89.8 Å². The first-order valence-corrected chi connectivity index (χ1v) is 4.88. The maximum Gasteiger partial charge on any atom is 0.239 e. The summed E-state index contributed by atoms with van der Waals surface area (Å²) in [7, 11) is 0. The van der Waals surface area contributed by atoms with Crippen LogP contribution in [0.3, 0.4) is 0 Å². The number of nitro groups is 1. The molecule has 0 heterocycles. The van der Waals surface area contributed by atoms with Crippen molar-refractivity contribution in [2.24, 2.45) is 0 Å². The number of aliphatic hydroxyl groups excluding tert-OH is 1. The van der Waals surface area contributed by atoms with E-state index in [1.807, 2.05) is 0 Å². The van der Waals surface area contributed by atoms with Crippen molar-refractivity contribution in [1.29, 1.82) is 0 Å².